The van der Waals surface area contributed by atoms with E-state index in [0.29, 0.717) is 19.0 Å². The van der Waals surface area contributed by atoms with E-state index in [0.717, 1.165) is 30.5 Å². The number of hydrogen-bond acceptors (Lipinski definition) is 2. The number of hydrogen-bond donors (Lipinski definition) is 1. The third-order valence-corrected chi connectivity index (χ3v) is 5.36. The summed E-state index contributed by atoms with van der Waals surface area (Å²) in [7, 11) is 0. The van der Waals surface area contributed by atoms with Crippen molar-refractivity contribution in [2.45, 2.75) is 64.3 Å². The summed E-state index contributed by atoms with van der Waals surface area (Å²) in [6.45, 7) is 2.60. The summed E-state index contributed by atoms with van der Waals surface area (Å²) in [4.78, 5) is 26.9. The number of carbonyl (C=O) groups excluding carboxylic acids is 2. The van der Waals surface area contributed by atoms with Crippen molar-refractivity contribution in [3.05, 3.63) is 29.8 Å². The molecule has 4 heteroatoms. The number of aryl methyl sites for hydroxylation is 1. The zero-order valence-corrected chi connectivity index (χ0v) is 14.6. The lowest BCUT2D eigenvalue weighted by Crippen LogP contribution is -2.39. The van der Waals surface area contributed by atoms with Crippen LogP contribution in [0.3, 0.4) is 0 Å². The summed E-state index contributed by atoms with van der Waals surface area (Å²) in [5.41, 5.74) is 2.13. The standard InChI is InChI=1S/C20H28N2O2/c1-2-15-9-7-8-12-18(15)22-14-16(13-19(22)23)20(24)21-17-10-5-3-4-6-11-17/h7-9,12,16-17H,2-6,10-11,13-14H2,1H3,(H,21,24). The molecule has 1 heterocycles. The van der Waals surface area contributed by atoms with Gasteiger partial charge in [-0.05, 0) is 30.9 Å². The van der Waals surface area contributed by atoms with Crippen LogP contribution >= 0.6 is 0 Å². The molecule has 1 N–H and O–H groups in total. The third kappa shape index (κ3) is 3.80. The second-order valence-corrected chi connectivity index (χ2v) is 7.08. The van der Waals surface area contributed by atoms with Gasteiger partial charge in [-0.25, -0.2) is 0 Å². The normalized spacial score (nSPS) is 22.5. The van der Waals surface area contributed by atoms with Gasteiger partial charge in [-0.2, -0.15) is 0 Å². The smallest absolute Gasteiger partial charge is 0.227 e. The summed E-state index contributed by atoms with van der Waals surface area (Å²) in [6.07, 6.45) is 8.32. The Hall–Kier alpha value is -1.84. The monoisotopic (exact) mass is 328 g/mol. The van der Waals surface area contributed by atoms with E-state index in [1.807, 2.05) is 18.2 Å². The lowest BCUT2D eigenvalue weighted by molar-refractivity contribution is -0.127. The van der Waals surface area contributed by atoms with Gasteiger partial charge >= 0.3 is 0 Å². The van der Waals surface area contributed by atoms with E-state index in [1.165, 1.54) is 25.7 Å². The predicted molar refractivity (Wildman–Crippen MR) is 95.9 cm³/mol. The highest BCUT2D eigenvalue weighted by atomic mass is 16.2. The molecular formula is C20H28N2O2. The Kier molecular flexibility index (Phi) is 5.54. The molecule has 0 radical (unpaired) electrons. The Labute approximate surface area is 144 Å². The van der Waals surface area contributed by atoms with Gasteiger partial charge in [0.25, 0.3) is 0 Å². The Balaban J connectivity index is 1.64. The second kappa shape index (κ2) is 7.82. The Morgan fingerprint density at radius 3 is 2.58 bits per heavy atom. The lowest BCUT2D eigenvalue weighted by Gasteiger charge is -2.21. The SMILES string of the molecule is CCc1ccccc1N1CC(C(=O)NC2CCCCCC2)CC1=O. The third-order valence-electron chi connectivity index (χ3n) is 5.36. The molecule has 1 saturated heterocycles. The van der Waals surface area contributed by atoms with Crippen LogP contribution in [0.15, 0.2) is 24.3 Å². The molecule has 1 aromatic carbocycles. The van der Waals surface area contributed by atoms with Gasteiger partial charge in [-0.3, -0.25) is 9.59 Å². The van der Waals surface area contributed by atoms with Crippen molar-refractivity contribution in [2.75, 3.05) is 11.4 Å². The van der Waals surface area contributed by atoms with Crippen molar-refractivity contribution in [3.63, 3.8) is 0 Å². The van der Waals surface area contributed by atoms with Crippen LogP contribution in [0, 0.1) is 5.92 Å². The molecule has 1 aromatic rings. The molecule has 2 fully saturated rings. The maximum absolute atomic E-state index is 12.6. The zero-order valence-electron chi connectivity index (χ0n) is 14.6. The molecule has 24 heavy (non-hydrogen) atoms. The molecule has 2 amide bonds. The molecule has 1 saturated carbocycles. The van der Waals surface area contributed by atoms with Crippen LogP contribution in [-0.4, -0.2) is 24.4 Å². The minimum absolute atomic E-state index is 0.0618. The van der Waals surface area contributed by atoms with E-state index in [4.69, 9.17) is 0 Å². The fourth-order valence-corrected chi connectivity index (χ4v) is 3.93. The first-order valence-corrected chi connectivity index (χ1v) is 9.37. The van der Waals surface area contributed by atoms with Gasteiger partial charge in [0.15, 0.2) is 0 Å². The van der Waals surface area contributed by atoms with Crippen molar-refractivity contribution in [1.29, 1.82) is 0 Å². The average molecular weight is 328 g/mol. The van der Waals surface area contributed by atoms with Gasteiger partial charge in [0.05, 0.1) is 5.92 Å². The second-order valence-electron chi connectivity index (χ2n) is 7.08. The Morgan fingerprint density at radius 2 is 1.88 bits per heavy atom. The fraction of sp³-hybridized carbons (Fsp3) is 0.600. The number of carbonyl (C=O) groups is 2. The first kappa shape index (κ1) is 17.0. The van der Waals surface area contributed by atoms with Gasteiger partial charge in [0.2, 0.25) is 11.8 Å². The minimum atomic E-state index is -0.217. The van der Waals surface area contributed by atoms with Gasteiger partial charge in [-0.1, -0.05) is 50.8 Å². The molecule has 1 unspecified atom stereocenters. The average Bonchev–Trinajstić information content (AvgIpc) is 2.80. The quantitative estimate of drug-likeness (QED) is 0.861. The van der Waals surface area contributed by atoms with Crippen LogP contribution in [0.5, 0.6) is 0 Å². The highest BCUT2D eigenvalue weighted by Crippen LogP contribution is 2.29. The van der Waals surface area contributed by atoms with Crippen LogP contribution in [-0.2, 0) is 16.0 Å². The molecule has 1 aliphatic carbocycles. The number of rotatable bonds is 4. The first-order chi connectivity index (χ1) is 11.7. The van der Waals surface area contributed by atoms with Crippen molar-refractivity contribution in [1.82, 2.24) is 5.32 Å². The van der Waals surface area contributed by atoms with Gasteiger partial charge in [0, 0.05) is 24.7 Å². The van der Waals surface area contributed by atoms with Crippen LogP contribution < -0.4 is 10.2 Å². The number of anilines is 1. The fourth-order valence-electron chi connectivity index (χ4n) is 3.93. The maximum atomic E-state index is 12.6. The highest BCUT2D eigenvalue weighted by molar-refractivity contribution is 6.00. The maximum Gasteiger partial charge on any atom is 0.227 e. The van der Waals surface area contributed by atoms with Crippen molar-refractivity contribution < 1.29 is 9.59 Å². The number of benzene rings is 1. The van der Waals surface area contributed by atoms with Gasteiger partial charge < -0.3 is 10.2 Å². The Bertz CT molecular complexity index is 591. The summed E-state index contributed by atoms with van der Waals surface area (Å²) in [5.74, 6) is -0.0886. The predicted octanol–water partition coefficient (Wildman–Crippen LogP) is 3.44. The van der Waals surface area contributed by atoms with Gasteiger partial charge in [0.1, 0.15) is 0 Å². The van der Waals surface area contributed by atoms with Crippen molar-refractivity contribution in [2.24, 2.45) is 5.92 Å². The largest absolute Gasteiger partial charge is 0.353 e. The molecule has 2 aliphatic rings. The number of nitrogens with one attached hydrogen (secondary N) is 1. The molecule has 0 bridgehead atoms. The number of nitrogens with zero attached hydrogens (tertiary/aromatic N) is 1. The van der Waals surface area contributed by atoms with Crippen LogP contribution in [0.2, 0.25) is 0 Å². The van der Waals surface area contributed by atoms with Crippen LogP contribution in [0.4, 0.5) is 5.69 Å². The lowest BCUT2D eigenvalue weighted by atomic mass is 10.0. The van der Waals surface area contributed by atoms with Crippen LogP contribution in [0.1, 0.15) is 57.4 Å². The van der Waals surface area contributed by atoms with Crippen molar-refractivity contribution in [3.8, 4) is 0 Å². The zero-order chi connectivity index (χ0) is 16.9. The summed E-state index contributed by atoms with van der Waals surface area (Å²) < 4.78 is 0. The van der Waals surface area contributed by atoms with E-state index in [9.17, 15) is 9.59 Å². The van der Waals surface area contributed by atoms with E-state index >= 15 is 0 Å². The van der Waals surface area contributed by atoms with E-state index < -0.39 is 0 Å². The number of para-hydroxylation sites is 1. The molecule has 4 nitrogen and oxygen atoms in total. The van der Waals surface area contributed by atoms with Crippen molar-refractivity contribution >= 4 is 17.5 Å². The summed E-state index contributed by atoms with van der Waals surface area (Å²) in [6, 6.07) is 8.30. The molecule has 1 atom stereocenters. The molecule has 0 spiro atoms. The highest BCUT2D eigenvalue weighted by Gasteiger charge is 2.36. The molecule has 0 aromatic heterocycles. The molecular weight excluding hydrogens is 300 g/mol. The molecule has 3 rings (SSSR count). The van der Waals surface area contributed by atoms with E-state index in [2.05, 4.69) is 18.3 Å². The topological polar surface area (TPSA) is 49.4 Å². The summed E-state index contributed by atoms with van der Waals surface area (Å²) in [5, 5.41) is 3.20. The molecule has 130 valence electrons. The first-order valence-electron chi connectivity index (χ1n) is 9.37. The van der Waals surface area contributed by atoms with Crippen LogP contribution in [0.25, 0.3) is 0 Å². The Morgan fingerprint density at radius 1 is 1.17 bits per heavy atom. The number of amides is 2. The van der Waals surface area contributed by atoms with Gasteiger partial charge in [-0.15, -0.1) is 0 Å². The minimum Gasteiger partial charge on any atom is -0.353 e. The van der Waals surface area contributed by atoms with E-state index in [1.54, 1.807) is 4.90 Å². The van der Waals surface area contributed by atoms with E-state index in [-0.39, 0.29) is 17.7 Å². The summed E-state index contributed by atoms with van der Waals surface area (Å²) >= 11 is 0. The molecule has 1 aliphatic heterocycles.